The minimum absolute atomic E-state index is 0.0458. The molecule has 0 aromatic heterocycles. The molecule has 0 bridgehead atoms. The van der Waals surface area contributed by atoms with Gasteiger partial charge in [0.05, 0.1) is 13.2 Å². The number of methoxy groups -OCH3 is 1. The van der Waals surface area contributed by atoms with Gasteiger partial charge in [-0.25, -0.2) is 4.79 Å². The van der Waals surface area contributed by atoms with Gasteiger partial charge in [0, 0.05) is 18.4 Å². The van der Waals surface area contributed by atoms with E-state index in [1.54, 1.807) is 67.6 Å². The van der Waals surface area contributed by atoms with Gasteiger partial charge in [0.25, 0.3) is 11.8 Å². The predicted octanol–water partition coefficient (Wildman–Crippen LogP) is 1.94. The number of rotatable bonds is 11. The molecule has 170 valence electrons. The number of aliphatic hydroxyl groups excluding tert-OH is 1. The van der Waals surface area contributed by atoms with E-state index in [1.165, 1.54) is 7.11 Å². The number of hydrogen-bond acceptors (Lipinski definition) is 6. The standard InChI is InChI=1S/C24H28N2O6/c1-3-18(27)14-15-19(24(31)32-2)25-23(30)21(28)20(16-10-6-4-7-11-16)26-22(29)17-12-8-5-9-13-17/h4-13,19-21,28H,3,14-15H2,1-2H3,(H,25,30)(H,26,29)/t19-,20-,21+/m0/s1. The summed E-state index contributed by atoms with van der Waals surface area (Å²) < 4.78 is 4.71. The monoisotopic (exact) mass is 440 g/mol. The zero-order valence-corrected chi connectivity index (χ0v) is 18.1. The molecule has 2 amide bonds. The molecule has 0 saturated carbocycles. The van der Waals surface area contributed by atoms with E-state index in [4.69, 9.17) is 4.74 Å². The van der Waals surface area contributed by atoms with E-state index in [2.05, 4.69) is 10.6 Å². The molecule has 0 saturated heterocycles. The van der Waals surface area contributed by atoms with Gasteiger partial charge in [-0.15, -0.1) is 0 Å². The van der Waals surface area contributed by atoms with Crippen molar-refractivity contribution in [1.29, 1.82) is 0 Å². The molecule has 0 aliphatic rings. The van der Waals surface area contributed by atoms with Crippen molar-refractivity contribution in [3.63, 3.8) is 0 Å². The number of aliphatic hydroxyl groups is 1. The van der Waals surface area contributed by atoms with Gasteiger partial charge in [0.1, 0.15) is 11.8 Å². The lowest BCUT2D eigenvalue weighted by Crippen LogP contribution is -2.50. The first-order valence-corrected chi connectivity index (χ1v) is 10.4. The topological polar surface area (TPSA) is 122 Å². The molecule has 0 unspecified atom stereocenters. The van der Waals surface area contributed by atoms with Crippen molar-refractivity contribution in [2.24, 2.45) is 0 Å². The van der Waals surface area contributed by atoms with Gasteiger partial charge in [-0.3, -0.25) is 14.4 Å². The fourth-order valence-corrected chi connectivity index (χ4v) is 3.10. The summed E-state index contributed by atoms with van der Waals surface area (Å²) in [6.07, 6.45) is -1.26. The summed E-state index contributed by atoms with van der Waals surface area (Å²) >= 11 is 0. The Kier molecular flexibility index (Phi) is 9.56. The molecule has 2 rings (SSSR count). The molecular formula is C24H28N2O6. The summed E-state index contributed by atoms with van der Waals surface area (Å²) in [5.41, 5.74) is 0.877. The van der Waals surface area contributed by atoms with Crippen LogP contribution < -0.4 is 10.6 Å². The Morgan fingerprint density at radius 1 is 0.938 bits per heavy atom. The Morgan fingerprint density at radius 3 is 2.09 bits per heavy atom. The fraction of sp³-hybridized carbons (Fsp3) is 0.333. The molecule has 0 spiro atoms. The largest absolute Gasteiger partial charge is 0.467 e. The average Bonchev–Trinajstić information content (AvgIpc) is 2.84. The van der Waals surface area contributed by atoms with Crippen LogP contribution in [0.1, 0.15) is 48.1 Å². The second kappa shape index (κ2) is 12.4. The molecule has 0 radical (unpaired) electrons. The Balaban J connectivity index is 2.20. The van der Waals surface area contributed by atoms with Crippen LogP contribution in [0.15, 0.2) is 60.7 Å². The number of amides is 2. The van der Waals surface area contributed by atoms with Crippen molar-refractivity contribution >= 4 is 23.6 Å². The lowest BCUT2D eigenvalue weighted by molar-refractivity contribution is -0.147. The molecule has 32 heavy (non-hydrogen) atoms. The Morgan fingerprint density at radius 2 is 1.53 bits per heavy atom. The first kappa shape index (κ1) is 24.7. The summed E-state index contributed by atoms with van der Waals surface area (Å²) in [7, 11) is 1.17. The molecule has 2 aromatic rings. The van der Waals surface area contributed by atoms with Crippen molar-refractivity contribution in [2.75, 3.05) is 7.11 Å². The second-order valence-electron chi connectivity index (χ2n) is 7.19. The highest BCUT2D eigenvalue weighted by molar-refractivity contribution is 5.95. The van der Waals surface area contributed by atoms with Crippen LogP contribution in [0.3, 0.4) is 0 Å². The summed E-state index contributed by atoms with van der Waals surface area (Å²) in [6, 6.07) is 14.8. The van der Waals surface area contributed by atoms with E-state index >= 15 is 0 Å². The van der Waals surface area contributed by atoms with Crippen LogP contribution in [0.2, 0.25) is 0 Å². The van der Waals surface area contributed by atoms with Gasteiger partial charge < -0.3 is 20.5 Å². The van der Waals surface area contributed by atoms with E-state index in [0.717, 1.165) is 0 Å². The summed E-state index contributed by atoms with van der Waals surface area (Å²) in [5, 5.41) is 15.9. The first-order chi connectivity index (χ1) is 15.4. The van der Waals surface area contributed by atoms with E-state index in [0.29, 0.717) is 17.5 Å². The van der Waals surface area contributed by atoms with Crippen LogP contribution >= 0.6 is 0 Å². The highest BCUT2D eigenvalue weighted by atomic mass is 16.5. The van der Waals surface area contributed by atoms with Crippen LogP contribution in [0.5, 0.6) is 0 Å². The highest BCUT2D eigenvalue weighted by Gasteiger charge is 2.32. The zero-order chi connectivity index (χ0) is 23.5. The van der Waals surface area contributed by atoms with Crippen molar-refractivity contribution in [1.82, 2.24) is 10.6 Å². The number of ether oxygens (including phenoxy) is 1. The third kappa shape index (κ3) is 7.02. The van der Waals surface area contributed by atoms with Crippen molar-refractivity contribution in [3.8, 4) is 0 Å². The number of hydrogen-bond donors (Lipinski definition) is 3. The number of Topliss-reactive ketones (excluding diaryl/α,β-unsaturated/α-hetero) is 1. The lowest BCUT2D eigenvalue weighted by atomic mass is 9.99. The second-order valence-corrected chi connectivity index (χ2v) is 7.19. The zero-order valence-electron chi connectivity index (χ0n) is 18.1. The molecule has 3 atom stereocenters. The molecule has 0 aliphatic carbocycles. The van der Waals surface area contributed by atoms with Gasteiger partial charge in [-0.1, -0.05) is 55.5 Å². The Hall–Kier alpha value is -3.52. The smallest absolute Gasteiger partial charge is 0.328 e. The fourth-order valence-electron chi connectivity index (χ4n) is 3.10. The number of ketones is 1. The number of nitrogens with one attached hydrogen (secondary N) is 2. The summed E-state index contributed by atoms with van der Waals surface area (Å²) in [6.45, 7) is 1.71. The Bertz CT molecular complexity index is 917. The predicted molar refractivity (Wildman–Crippen MR) is 118 cm³/mol. The third-order valence-electron chi connectivity index (χ3n) is 4.97. The maximum Gasteiger partial charge on any atom is 0.328 e. The third-order valence-corrected chi connectivity index (χ3v) is 4.97. The maximum absolute atomic E-state index is 12.8. The highest BCUT2D eigenvalue weighted by Crippen LogP contribution is 2.19. The van der Waals surface area contributed by atoms with Crippen LogP contribution in [-0.4, -0.2) is 47.9 Å². The van der Waals surface area contributed by atoms with E-state index < -0.39 is 36.0 Å². The molecule has 2 aromatic carbocycles. The van der Waals surface area contributed by atoms with Gasteiger partial charge >= 0.3 is 5.97 Å². The van der Waals surface area contributed by atoms with Crippen molar-refractivity contribution < 1.29 is 29.0 Å². The minimum atomic E-state index is -1.70. The van der Waals surface area contributed by atoms with E-state index in [9.17, 15) is 24.3 Å². The summed E-state index contributed by atoms with van der Waals surface area (Å²) in [4.78, 5) is 49.2. The lowest BCUT2D eigenvalue weighted by Gasteiger charge is -2.26. The molecular weight excluding hydrogens is 412 g/mol. The van der Waals surface area contributed by atoms with E-state index in [-0.39, 0.29) is 18.6 Å². The van der Waals surface area contributed by atoms with Crippen molar-refractivity contribution in [3.05, 3.63) is 71.8 Å². The quantitative estimate of drug-likeness (QED) is 0.459. The molecule has 8 nitrogen and oxygen atoms in total. The van der Waals surface area contributed by atoms with Gasteiger partial charge in [-0.05, 0) is 24.1 Å². The molecule has 8 heteroatoms. The van der Waals surface area contributed by atoms with Crippen LogP contribution in [0.4, 0.5) is 0 Å². The molecule has 0 fully saturated rings. The SMILES string of the molecule is CCC(=O)CC[C@H](NC(=O)[C@H](O)[C@@H](NC(=O)c1ccccc1)c1ccccc1)C(=O)OC. The molecule has 3 N–H and O–H groups in total. The Labute approximate surface area is 187 Å². The molecule has 0 aliphatic heterocycles. The van der Waals surface area contributed by atoms with Crippen LogP contribution in [0.25, 0.3) is 0 Å². The number of esters is 1. The number of carbonyl (C=O) groups excluding carboxylic acids is 4. The maximum atomic E-state index is 12.8. The summed E-state index contributed by atoms with van der Waals surface area (Å²) in [5.74, 6) is -2.12. The average molecular weight is 440 g/mol. The first-order valence-electron chi connectivity index (χ1n) is 10.4. The van der Waals surface area contributed by atoms with Crippen LogP contribution in [-0.2, 0) is 19.1 Å². The van der Waals surface area contributed by atoms with Gasteiger partial charge in [0.15, 0.2) is 6.10 Å². The van der Waals surface area contributed by atoms with E-state index in [1.807, 2.05) is 0 Å². The number of benzene rings is 2. The van der Waals surface area contributed by atoms with Crippen molar-refractivity contribution in [2.45, 2.75) is 44.4 Å². The normalized spacial score (nSPS) is 13.3. The van der Waals surface area contributed by atoms with Crippen LogP contribution in [0, 0.1) is 0 Å². The number of carbonyl (C=O) groups is 4. The van der Waals surface area contributed by atoms with Gasteiger partial charge in [-0.2, -0.15) is 0 Å². The molecule has 0 heterocycles. The van der Waals surface area contributed by atoms with Gasteiger partial charge in [0.2, 0.25) is 0 Å². The minimum Gasteiger partial charge on any atom is -0.467 e.